The van der Waals surface area contributed by atoms with E-state index in [-0.39, 0.29) is 43.7 Å². The highest BCUT2D eigenvalue weighted by Crippen LogP contribution is 2.28. The maximum absolute atomic E-state index is 13.8. The topological polar surface area (TPSA) is 88.1 Å². The first-order valence-corrected chi connectivity index (χ1v) is 12.1. The molecule has 3 rings (SSSR count). The Labute approximate surface area is 216 Å². The fourth-order valence-corrected chi connectivity index (χ4v) is 4.02. The van der Waals surface area contributed by atoms with Crippen LogP contribution < -0.4 is 14.8 Å². The van der Waals surface area contributed by atoms with Crippen LogP contribution in [0, 0.1) is 5.82 Å². The molecular weight excluding hydrogens is 475 g/mol. The Bertz CT molecular complexity index is 1150. The van der Waals surface area contributed by atoms with Crippen molar-refractivity contribution in [1.29, 1.82) is 0 Å². The van der Waals surface area contributed by atoms with E-state index in [0.717, 1.165) is 5.56 Å². The number of rotatable bonds is 13. The van der Waals surface area contributed by atoms with E-state index in [1.165, 1.54) is 31.3 Å². The molecule has 0 aliphatic heterocycles. The third-order valence-corrected chi connectivity index (χ3v) is 5.97. The van der Waals surface area contributed by atoms with Gasteiger partial charge in [0.15, 0.2) is 11.5 Å². The summed E-state index contributed by atoms with van der Waals surface area (Å²) in [5, 5.41) is 12.0. The van der Waals surface area contributed by atoms with Crippen molar-refractivity contribution >= 4 is 11.8 Å². The summed E-state index contributed by atoms with van der Waals surface area (Å²) >= 11 is 0. The average molecular weight is 509 g/mol. The standard InChI is InChI=1S/C29H33FN2O5/c1-36-26-14-11-23(18-27(26)37-2)19-28(34)32(20-22-9-12-24(30)13-10-22)25(29(35)31-15-6-16-33)17-21-7-4-3-5-8-21/h3-5,7-14,18,25,33H,6,15-17,19-20H2,1-2H3,(H,31,35)/t25-/m0/s1. The minimum atomic E-state index is -0.821. The van der Waals surface area contributed by atoms with E-state index in [1.807, 2.05) is 30.3 Å². The summed E-state index contributed by atoms with van der Waals surface area (Å²) in [4.78, 5) is 28.7. The smallest absolute Gasteiger partial charge is 0.243 e. The molecule has 3 aromatic rings. The van der Waals surface area contributed by atoms with Crippen LogP contribution in [-0.2, 0) is 29.0 Å². The number of carbonyl (C=O) groups is 2. The molecule has 2 amide bonds. The maximum atomic E-state index is 13.8. The van der Waals surface area contributed by atoms with Crippen molar-refractivity contribution in [3.8, 4) is 11.5 Å². The van der Waals surface area contributed by atoms with Gasteiger partial charge in [-0.1, -0.05) is 48.5 Å². The number of methoxy groups -OCH3 is 2. The van der Waals surface area contributed by atoms with Crippen LogP contribution in [0.25, 0.3) is 0 Å². The summed E-state index contributed by atoms with van der Waals surface area (Å²) in [6.07, 6.45) is 0.725. The molecule has 0 aliphatic rings. The molecule has 3 aromatic carbocycles. The molecule has 1 atom stereocenters. The third kappa shape index (κ3) is 8.05. The predicted octanol–water partition coefficient (Wildman–Crippen LogP) is 3.52. The van der Waals surface area contributed by atoms with Crippen molar-refractivity contribution in [2.24, 2.45) is 0 Å². The van der Waals surface area contributed by atoms with Crippen LogP contribution in [-0.4, -0.2) is 55.2 Å². The number of hydrogen-bond donors (Lipinski definition) is 2. The third-order valence-electron chi connectivity index (χ3n) is 5.97. The average Bonchev–Trinajstić information content (AvgIpc) is 2.92. The lowest BCUT2D eigenvalue weighted by molar-refractivity contribution is -0.140. The number of halogens is 1. The van der Waals surface area contributed by atoms with Gasteiger partial charge in [0.25, 0.3) is 0 Å². The van der Waals surface area contributed by atoms with Crippen molar-refractivity contribution in [2.75, 3.05) is 27.4 Å². The molecule has 0 fully saturated rings. The van der Waals surface area contributed by atoms with Crippen molar-refractivity contribution in [2.45, 2.75) is 31.8 Å². The van der Waals surface area contributed by atoms with Crippen molar-refractivity contribution in [3.63, 3.8) is 0 Å². The zero-order chi connectivity index (χ0) is 26.6. The Morgan fingerprint density at radius 2 is 1.59 bits per heavy atom. The van der Waals surface area contributed by atoms with Crippen molar-refractivity contribution < 1.29 is 28.6 Å². The second kappa shape index (κ2) is 14.0. The van der Waals surface area contributed by atoms with Crippen LogP contribution in [0.2, 0.25) is 0 Å². The number of nitrogens with zero attached hydrogens (tertiary/aromatic N) is 1. The molecule has 0 spiro atoms. The van der Waals surface area contributed by atoms with Crippen LogP contribution >= 0.6 is 0 Å². The largest absolute Gasteiger partial charge is 0.493 e. The minimum Gasteiger partial charge on any atom is -0.493 e. The number of hydrogen-bond acceptors (Lipinski definition) is 5. The predicted molar refractivity (Wildman–Crippen MR) is 139 cm³/mol. The zero-order valence-corrected chi connectivity index (χ0v) is 21.2. The van der Waals surface area contributed by atoms with Gasteiger partial charge in [0, 0.05) is 26.1 Å². The zero-order valence-electron chi connectivity index (χ0n) is 21.2. The molecule has 37 heavy (non-hydrogen) atoms. The van der Waals surface area contributed by atoms with E-state index in [2.05, 4.69) is 5.32 Å². The molecule has 0 aromatic heterocycles. The summed E-state index contributed by atoms with van der Waals surface area (Å²) in [5.41, 5.74) is 2.29. The van der Waals surface area contributed by atoms with E-state index in [1.54, 1.807) is 30.3 Å². The second-order valence-corrected chi connectivity index (χ2v) is 8.59. The number of carbonyl (C=O) groups excluding carboxylic acids is 2. The quantitative estimate of drug-likeness (QED) is 0.345. The number of amides is 2. The van der Waals surface area contributed by atoms with Crippen molar-refractivity contribution in [3.05, 3.63) is 95.3 Å². The second-order valence-electron chi connectivity index (χ2n) is 8.59. The lowest BCUT2D eigenvalue weighted by Gasteiger charge is -2.32. The first-order chi connectivity index (χ1) is 17.9. The first-order valence-electron chi connectivity index (χ1n) is 12.1. The molecule has 0 heterocycles. The van der Waals surface area contributed by atoms with Gasteiger partial charge in [-0.3, -0.25) is 9.59 Å². The first kappa shape index (κ1) is 27.7. The normalized spacial score (nSPS) is 11.5. The number of benzene rings is 3. The Kier molecular flexibility index (Phi) is 10.5. The van der Waals surface area contributed by atoms with Crippen LogP contribution in [0.1, 0.15) is 23.1 Å². The molecule has 0 saturated heterocycles. The molecule has 0 unspecified atom stereocenters. The summed E-state index contributed by atoms with van der Waals surface area (Å²) in [7, 11) is 3.06. The molecule has 7 nitrogen and oxygen atoms in total. The fourth-order valence-electron chi connectivity index (χ4n) is 4.02. The summed E-state index contributed by atoms with van der Waals surface area (Å²) < 4.78 is 24.2. The van der Waals surface area contributed by atoms with Gasteiger partial charge in [-0.05, 0) is 47.4 Å². The highest BCUT2D eigenvalue weighted by Gasteiger charge is 2.30. The van der Waals surface area contributed by atoms with Crippen LogP contribution in [0.15, 0.2) is 72.8 Å². The summed E-state index contributed by atoms with van der Waals surface area (Å²) in [6.45, 7) is 0.355. The van der Waals surface area contributed by atoms with Crippen LogP contribution in [0.3, 0.4) is 0 Å². The monoisotopic (exact) mass is 508 g/mol. The number of nitrogens with one attached hydrogen (secondary N) is 1. The molecule has 0 radical (unpaired) electrons. The van der Waals surface area contributed by atoms with E-state index in [4.69, 9.17) is 14.6 Å². The molecule has 0 saturated carbocycles. The van der Waals surface area contributed by atoms with Gasteiger partial charge < -0.3 is 24.8 Å². The number of aliphatic hydroxyl groups is 1. The number of ether oxygens (including phenoxy) is 2. The molecule has 0 aliphatic carbocycles. The van der Waals surface area contributed by atoms with Crippen LogP contribution in [0.4, 0.5) is 4.39 Å². The van der Waals surface area contributed by atoms with Gasteiger partial charge in [-0.2, -0.15) is 0 Å². The van der Waals surface area contributed by atoms with E-state index in [0.29, 0.717) is 35.5 Å². The van der Waals surface area contributed by atoms with Crippen molar-refractivity contribution in [1.82, 2.24) is 10.2 Å². The van der Waals surface area contributed by atoms with Gasteiger partial charge in [0.2, 0.25) is 11.8 Å². The highest BCUT2D eigenvalue weighted by molar-refractivity contribution is 5.88. The lowest BCUT2D eigenvalue weighted by atomic mass is 10.0. The van der Waals surface area contributed by atoms with Gasteiger partial charge >= 0.3 is 0 Å². The lowest BCUT2D eigenvalue weighted by Crippen LogP contribution is -2.51. The molecular formula is C29H33FN2O5. The molecule has 0 bridgehead atoms. The Hall–Kier alpha value is -3.91. The molecule has 196 valence electrons. The molecule has 8 heteroatoms. The van der Waals surface area contributed by atoms with E-state index < -0.39 is 6.04 Å². The number of aliphatic hydroxyl groups excluding tert-OH is 1. The van der Waals surface area contributed by atoms with Gasteiger partial charge in [0.1, 0.15) is 11.9 Å². The SMILES string of the molecule is COc1ccc(CC(=O)N(Cc2ccc(F)cc2)[C@@H](Cc2ccccc2)C(=O)NCCCO)cc1OC. The van der Waals surface area contributed by atoms with Gasteiger partial charge in [-0.15, -0.1) is 0 Å². The highest BCUT2D eigenvalue weighted by atomic mass is 19.1. The van der Waals surface area contributed by atoms with E-state index >= 15 is 0 Å². The fraction of sp³-hybridized carbons (Fsp3) is 0.310. The summed E-state index contributed by atoms with van der Waals surface area (Å²) in [5.74, 6) is 0.0805. The minimum absolute atomic E-state index is 0.0246. The Morgan fingerprint density at radius 3 is 2.24 bits per heavy atom. The Balaban J connectivity index is 1.95. The Morgan fingerprint density at radius 1 is 0.919 bits per heavy atom. The molecule has 2 N–H and O–H groups in total. The van der Waals surface area contributed by atoms with E-state index in [9.17, 15) is 14.0 Å². The van der Waals surface area contributed by atoms with Crippen LogP contribution in [0.5, 0.6) is 11.5 Å². The maximum Gasteiger partial charge on any atom is 0.243 e. The van der Waals surface area contributed by atoms with Gasteiger partial charge in [0.05, 0.1) is 20.6 Å². The van der Waals surface area contributed by atoms with Gasteiger partial charge in [-0.25, -0.2) is 4.39 Å². The summed E-state index contributed by atoms with van der Waals surface area (Å²) in [6, 6.07) is 19.8.